The van der Waals surface area contributed by atoms with E-state index in [-0.39, 0.29) is 24.4 Å². The Bertz CT molecular complexity index is 1090. The van der Waals surface area contributed by atoms with E-state index in [1.807, 2.05) is 42.6 Å². The molecule has 2 aliphatic heterocycles. The lowest BCUT2D eigenvalue weighted by Crippen LogP contribution is -2.29. The number of ether oxygens (including phenoxy) is 2. The third kappa shape index (κ3) is 3.19. The Balaban J connectivity index is 1.61. The lowest BCUT2D eigenvalue weighted by molar-refractivity contribution is 0.174. The number of thiocarbonyl (C=S) groups is 1. The zero-order chi connectivity index (χ0) is 20.9. The minimum atomic E-state index is -0.0695. The van der Waals surface area contributed by atoms with Crippen molar-refractivity contribution < 1.29 is 9.47 Å². The predicted octanol–water partition coefficient (Wildman–Crippen LogP) is 4.54. The highest BCUT2D eigenvalue weighted by Gasteiger charge is 2.41. The first-order chi connectivity index (χ1) is 14.4. The van der Waals surface area contributed by atoms with Crippen LogP contribution in [-0.4, -0.2) is 21.5 Å². The number of rotatable bonds is 3. The topological polar surface area (TPSA) is 51.6 Å². The lowest BCUT2D eigenvalue weighted by Gasteiger charge is -2.28. The van der Waals surface area contributed by atoms with Crippen molar-refractivity contribution >= 4 is 23.0 Å². The van der Waals surface area contributed by atoms with Gasteiger partial charge in [0, 0.05) is 35.9 Å². The van der Waals surface area contributed by atoms with Crippen LogP contribution in [0, 0.1) is 0 Å². The van der Waals surface area contributed by atoms with Crippen LogP contribution in [0.1, 0.15) is 44.1 Å². The van der Waals surface area contributed by atoms with Gasteiger partial charge in [-0.15, -0.1) is 0 Å². The highest BCUT2D eigenvalue weighted by Crippen LogP contribution is 2.44. The summed E-state index contributed by atoms with van der Waals surface area (Å²) in [4.78, 5) is 6.76. The molecule has 1 aromatic carbocycles. The van der Waals surface area contributed by atoms with Crippen LogP contribution in [0.25, 0.3) is 0 Å². The maximum atomic E-state index is 5.79. The summed E-state index contributed by atoms with van der Waals surface area (Å²) in [5.41, 5.74) is 3.08. The fourth-order valence-electron chi connectivity index (χ4n) is 4.01. The van der Waals surface area contributed by atoms with Gasteiger partial charge in [0.2, 0.25) is 6.79 Å². The summed E-state index contributed by atoms with van der Waals surface area (Å²) in [5.74, 6) is 1.50. The Kier molecular flexibility index (Phi) is 4.43. The molecule has 6 nitrogen and oxygen atoms in total. The Morgan fingerprint density at radius 3 is 2.67 bits per heavy atom. The number of benzene rings is 1. The van der Waals surface area contributed by atoms with E-state index in [2.05, 4.69) is 59.0 Å². The summed E-state index contributed by atoms with van der Waals surface area (Å²) in [7, 11) is 0. The van der Waals surface area contributed by atoms with E-state index in [4.69, 9.17) is 21.7 Å². The first kappa shape index (κ1) is 18.9. The second kappa shape index (κ2) is 7.02. The van der Waals surface area contributed by atoms with Crippen LogP contribution in [0.15, 0.2) is 61.1 Å². The van der Waals surface area contributed by atoms with Gasteiger partial charge in [-0.25, -0.2) is 0 Å². The van der Waals surface area contributed by atoms with Crippen molar-refractivity contribution in [3.05, 3.63) is 72.3 Å². The number of pyridine rings is 1. The first-order valence-electron chi connectivity index (χ1n) is 10.0. The summed E-state index contributed by atoms with van der Waals surface area (Å²) in [6.45, 7) is 6.83. The average molecular weight is 421 g/mol. The largest absolute Gasteiger partial charge is 0.454 e. The molecule has 0 radical (unpaired) electrons. The maximum Gasteiger partial charge on any atom is 0.231 e. The van der Waals surface area contributed by atoms with E-state index < -0.39 is 0 Å². The molecular weight excluding hydrogens is 396 g/mol. The highest BCUT2D eigenvalue weighted by molar-refractivity contribution is 7.80. The molecule has 0 saturated carbocycles. The third-order valence-electron chi connectivity index (χ3n) is 5.56. The zero-order valence-corrected chi connectivity index (χ0v) is 18.0. The van der Waals surface area contributed by atoms with Crippen LogP contribution in [0.2, 0.25) is 0 Å². The zero-order valence-electron chi connectivity index (χ0n) is 17.2. The average Bonchev–Trinajstić information content (AvgIpc) is 3.45. The van der Waals surface area contributed by atoms with Crippen LogP contribution in [-0.2, 0) is 5.54 Å². The molecule has 0 aliphatic carbocycles. The molecule has 0 amide bonds. The van der Waals surface area contributed by atoms with Gasteiger partial charge in [0.25, 0.3) is 0 Å². The SMILES string of the molecule is CC(C)(C)n1ccc([C@H]2[C@H](c3ccccn3)NC(=S)N2c2ccc3c(c2)OCO3)c1. The molecule has 1 saturated heterocycles. The second-order valence-electron chi connectivity index (χ2n) is 8.56. The maximum absolute atomic E-state index is 5.79. The van der Waals surface area contributed by atoms with Gasteiger partial charge >= 0.3 is 0 Å². The molecule has 30 heavy (non-hydrogen) atoms. The van der Waals surface area contributed by atoms with Crippen LogP contribution in [0.4, 0.5) is 5.69 Å². The standard InChI is InChI=1S/C23H24N4O2S/c1-23(2,3)26-11-9-15(13-26)21-20(17-6-4-5-10-24-17)25-22(30)27(21)16-7-8-18-19(12-16)29-14-28-18/h4-13,20-21H,14H2,1-3H3,(H,25,30)/t20-,21-/m0/s1. The number of aromatic nitrogens is 2. The van der Waals surface area contributed by atoms with Gasteiger partial charge in [0.15, 0.2) is 16.6 Å². The van der Waals surface area contributed by atoms with Crippen molar-refractivity contribution in [1.82, 2.24) is 14.9 Å². The summed E-state index contributed by atoms with van der Waals surface area (Å²) in [6.07, 6.45) is 6.15. The number of anilines is 1. The van der Waals surface area contributed by atoms with Crippen molar-refractivity contribution in [1.29, 1.82) is 0 Å². The van der Waals surface area contributed by atoms with Gasteiger partial charge in [-0.1, -0.05) is 6.07 Å². The molecule has 4 heterocycles. The Hall–Kier alpha value is -3.06. The van der Waals surface area contributed by atoms with Gasteiger partial charge < -0.3 is 24.3 Å². The third-order valence-corrected chi connectivity index (χ3v) is 5.88. The van der Waals surface area contributed by atoms with Crippen molar-refractivity contribution in [3.8, 4) is 11.5 Å². The van der Waals surface area contributed by atoms with Crippen molar-refractivity contribution in [3.63, 3.8) is 0 Å². The van der Waals surface area contributed by atoms with E-state index >= 15 is 0 Å². The molecule has 154 valence electrons. The first-order valence-corrected chi connectivity index (χ1v) is 10.4. The summed E-state index contributed by atoms with van der Waals surface area (Å²) >= 11 is 5.79. The van der Waals surface area contributed by atoms with Gasteiger partial charge in [-0.3, -0.25) is 4.98 Å². The molecule has 2 aromatic heterocycles. The van der Waals surface area contributed by atoms with E-state index in [0.717, 1.165) is 22.9 Å². The molecule has 5 rings (SSSR count). The van der Waals surface area contributed by atoms with E-state index in [9.17, 15) is 0 Å². The molecule has 0 spiro atoms. The molecule has 1 fully saturated rings. The van der Waals surface area contributed by atoms with Gasteiger partial charge in [-0.2, -0.15) is 0 Å². The molecule has 1 N–H and O–H groups in total. The number of hydrogen-bond donors (Lipinski definition) is 1. The Morgan fingerprint density at radius 2 is 1.93 bits per heavy atom. The second-order valence-corrected chi connectivity index (χ2v) is 8.94. The van der Waals surface area contributed by atoms with Crippen molar-refractivity contribution in [2.75, 3.05) is 11.7 Å². The van der Waals surface area contributed by atoms with Gasteiger partial charge in [0.1, 0.15) is 0 Å². The summed E-state index contributed by atoms with van der Waals surface area (Å²) in [5, 5.41) is 4.16. The lowest BCUT2D eigenvalue weighted by atomic mass is 9.98. The van der Waals surface area contributed by atoms with Crippen LogP contribution >= 0.6 is 12.2 Å². The minimum absolute atomic E-state index is 0.00510. The smallest absolute Gasteiger partial charge is 0.231 e. The molecule has 2 aliphatic rings. The number of hydrogen-bond acceptors (Lipinski definition) is 4. The van der Waals surface area contributed by atoms with E-state index in [1.165, 1.54) is 5.56 Å². The highest BCUT2D eigenvalue weighted by atomic mass is 32.1. The quantitative estimate of drug-likeness (QED) is 0.628. The molecule has 0 bridgehead atoms. The van der Waals surface area contributed by atoms with Crippen LogP contribution < -0.4 is 19.7 Å². The molecule has 0 unspecified atom stereocenters. The Labute approximate surface area is 181 Å². The van der Waals surface area contributed by atoms with Gasteiger partial charge in [0.05, 0.1) is 17.8 Å². The molecule has 3 aromatic rings. The summed E-state index contributed by atoms with van der Waals surface area (Å²) in [6, 6.07) is 14.0. The predicted molar refractivity (Wildman–Crippen MR) is 120 cm³/mol. The van der Waals surface area contributed by atoms with Crippen LogP contribution in [0.3, 0.4) is 0 Å². The number of fused-ring (bicyclic) bond motifs is 1. The minimum Gasteiger partial charge on any atom is -0.454 e. The van der Waals surface area contributed by atoms with Crippen LogP contribution in [0.5, 0.6) is 11.5 Å². The Morgan fingerprint density at radius 1 is 1.10 bits per heavy atom. The fourth-order valence-corrected chi connectivity index (χ4v) is 4.36. The molecule has 2 atom stereocenters. The molecular formula is C23H24N4O2S. The van der Waals surface area contributed by atoms with Crippen molar-refractivity contribution in [2.45, 2.75) is 38.4 Å². The fraction of sp³-hybridized carbons (Fsp3) is 0.304. The van der Waals surface area contributed by atoms with Gasteiger partial charge in [-0.05, 0) is 68.9 Å². The van der Waals surface area contributed by atoms with E-state index in [0.29, 0.717) is 5.11 Å². The molecule has 7 heteroatoms. The number of nitrogens with zero attached hydrogens (tertiary/aromatic N) is 3. The monoisotopic (exact) mass is 420 g/mol. The number of nitrogens with one attached hydrogen (secondary N) is 1. The normalized spacial score (nSPS) is 20.5. The van der Waals surface area contributed by atoms with Crippen molar-refractivity contribution in [2.24, 2.45) is 0 Å². The summed E-state index contributed by atoms with van der Waals surface area (Å²) < 4.78 is 13.3. The van der Waals surface area contributed by atoms with E-state index in [1.54, 1.807) is 0 Å².